The highest BCUT2D eigenvalue weighted by Gasteiger charge is 2.33. The van der Waals surface area contributed by atoms with Crippen molar-refractivity contribution in [2.45, 2.75) is 59.2 Å². The van der Waals surface area contributed by atoms with Crippen LogP contribution in [0.25, 0.3) is 0 Å². The van der Waals surface area contributed by atoms with E-state index in [1.807, 2.05) is 38.1 Å². The molecule has 0 fully saturated rings. The first-order chi connectivity index (χ1) is 11.0. The lowest BCUT2D eigenvalue weighted by Gasteiger charge is -2.32. The number of nitrogens with zero attached hydrogens (tertiary/aromatic N) is 1. The Kier molecular flexibility index (Phi) is 7.51. The van der Waals surface area contributed by atoms with Gasteiger partial charge in [-0.3, -0.25) is 4.90 Å². The van der Waals surface area contributed by atoms with Gasteiger partial charge in [0.25, 0.3) is 0 Å². The molecule has 0 spiro atoms. The van der Waals surface area contributed by atoms with Crippen LogP contribution in [-0.4, -0.2) is 33.7 Å². The fourth-order valence-corrected chi connectivity index (χ4v) is 2.58. The Morgan fingerprint density at radius 3 is 2.17 bits per heavy atom. The van der Waals surface area contributed by atoms with Crippen molar-refractivity contribution in [2.75, 3.05) is 0 Å². The number of halogens is 1. The Hall–Kier alpha value is -1.31. The number of carboxylic acids is 1. The van der Waals surface area contributed by atoms with Crippen LogP contribution in [0, 0.1) is 9.49 Å². The summed E-state index contributed by atoms with van der Waals surface area (Å²) >= 11 is 2.20. The summed E-state index contributed by atoms with van der Waals surface area (Å²) in [6.45, 7) is 9.39. The molecule has 1 atom stereocenters. The summed E-state index contributed by atoms with van der Waals surface area (Å²) in [5.41, 5.74) is 0.193. The number of hydrogen-bond acceptors (Lipinski definition) is 3. The molecule has 0 aromatic heterocycles. The largest absolute Gasteiger partial charge is 0.480 e. The first-order valence-corrected chi connectivity index (χ1v) is 9.04. The molecule has 0 saturated heterocycles. The molecule has 0 aliphatic carbocycles. The van der Waals surface area contributed by atoms with Crippen molar-refractivity contribution in [3.8, 4) is 0 Å². The molecule has 0 bridgehead atoms. The summed E-state index contributed by atoms with van der Waals surface area (Å²) in [5.74, 6) is -0.868. The molecule has 0 unspecified atom stereocenters. The number of benzene rings is 1. The van der Waals surface area contributed by atoms with E-state index in [9.17, 15) is 14.7 Å². The van der Waals surface area contributed by atoms with Gasteiger partial charge in [-0.05, 0) is 73.4 Å². The van der Waals surface area contributed by atoms with Gasteiger partial charge in [0.15, 0.2) is 0 Å². The molecular formula is C18H26INO4. The molecule has 1 amide bonds. The standard InChI is InChI=1S/C18H26INO4/c1-12(2)10-15(16(21)22)20(17(23)24-18(3,4)5)11-13-6-8-14(19)9-7-13/h6-9,12,15H,10-11H2,1-5H3,(H,21,22)/t15-/m0/s1. The second-order valence-electron chi connectivity index (χ2n) is 7.22. The maximum Gasteiger partial charge on any atom is 0.411 e. The Labute approximate surface area is 157 Å². The summed E-state index contributed by atoms with van der Waals surface area (Å²) in [5, 5.41) is 9.61. The van der Waals surface area contributed by atoms with Gasteiger partial charge in [-0.1, -0.05) is 26.0 Å². The van der Waals surface area contributed by atoms with Gasteiger partial charge in [-0.2, -0.15) is 0 Å². The lowest BCUT2D eigenvalue weighted by atomic mass is 10.0. The lowest BCUT2D eigenvalue weighted by Crippen LogP contribution is -2.47. The van der Waals surface area contributed by atoms with E-state index in [4.69, 9.17) is 4.74 Å². The van der Waals surface area contributed by atoms with E-state index < -0.39 is 23.7 Å². The Balaban J connectivity index is 3.10. The number of carboxylic acid groups (broad SMARTS) is 1. The zero-order valence-electron chi connectivity index (χ0n) is 14.9. The van der Waals surface area contributed by atoms with Crippen LogP contribution in [0.4, 0.5) is 4.79 Å². The fraction of sp³-hybridized carbons (Fsp3) is 0.556. The molecule has 1 aromatic carbocycles. The number of aliphatic carboxylic acids is 1. The topological polar surface area (TPSA) is 66.8 Å². The zero-order chi connectivity index (χ0) is 18.5. The van der Waals surface area contributed by atoms with Gasteiger partial charge in [0.05, 0.1) is 0 Å². The second kappa shape index (κ2) is 8.69. The molecule has 0 aliphatic heterocycles. The Bertz CT molecular complexity index is 563. The summed E-state index contributed by atoms with van der Waals surface area (Å²) < 4.78 is 6.51. The quantitative estimate of drug-likeness (QED) is 0.651. The lowest BCUT2D eigenvalue weighted by molar-refractivity contribution is -0.144. The molecule has 5 nitrogen and oxygen atoms in total. The van der Waals surface area contributed by atoms with Crippen molar-refractivity contribution >= 4 is 34.7 Å². The molecule has 6 heteroatoms. The normalized spacial score (nSPS) is 12.8. The second-order valence-corrected chi connectivity index (χ2v) is 8.46. The van der Waals surface area contributed by atoms with Crippen LogP contribution in [0.1, 0.15) is 46.6 Å². The van der Waals surface area contributed by atoms with Crippen molar-refractivity contribution in [3.05, 3.63) is 33.4 Å². The van der Waals surface area contributed by atoms with E-state index in [1.54, 1.807) is 20.8 Å². The molecule has 0 radical (unpaired) electrons. The van der Waals surface area contributed by atoms with Crippen LogP contribution in [0.3, 0.4) is 0 Å². The number of hydrogen-bond donors (Lipinski definition) is 1. The number of carbonyl (C=O) groups excluding carboxylic acids is 1. The van der Waals surface area contributed by atoms with Crippen LogP contribution < -0.4 is 0 Å². The number of carbonyl (C=O) groups is 2. The minimum absolute atomic E-state index is 0.146. The van der Waals surface area contributed by atoms with E-state index in [1.165, 1.54) is 4.90 Å². The van der Waals surface area contributed by atoms with Crippen LogP contribution in [0.2, 0.25) is 0 Å². The van der Waals surface area contributed by atoms with Gasteiger partial charge in [0.1, 0.15) is 11.6 Å². The summed E-state index contributed by atoms with van der Waals surface area (Å²) in [4.78, 5) is 25.7. The first-order valence-electron chi connectivity index (χ1n) is 7.96. The third kappa shape index (κ3) is 7.07. The fourth-order valence-electron chi connectivity index (χ4n) is 2.22. The number of amides is 1. The van der Waals surface area contributed by atoms with Crippen LogP contribution in [0.15, 0.2) is 24.3 Å². The summed E-state index contributed by atoms with van der Waals surface area (Å²) in [6, 6.07) is 6.74. The maximum absolute atomic E-state index is 12.6. The van der Waals surface area contributed by atoms with Gasteiger partial charge in [-0.15, -0.1) is 0 Å². The zero-order valence-corrected chi connectivity index (χ0v) is 17.0. The molecule has 24 heavy (non-hydrogen) atoms. The van der Waals surface area contributed by atoms with Crippen LogP contribution in [0.5, 0.6) is 0 Å². The third-order valence-corrected chi connectivity index (χ3v) is 3.97. The molecular weight excluding hydrogens is 421 g/mol. The van der Waals surface area contributed by atoms with E-state index in [0.29, 0.717) is 6.42 Å². The first kappa shape index (κ1) is 20.7. The van der Waals surface area contributed by atoms with Crippen molar-refractivity contribution in [1.29, 1.82) is 0 Å². The van der Waals surface area contributed by atoms with Crippen molar-refractivity contribution in [1.82, 2.24) is 4.90 Å². The molecule has 0 saturated carbocycles. The average Bonchev–Trinajstić information content (AvgIpc) is 2.42. The Morgan fingerprint density at radius 2 is 1.75 bits per heavy atom. The van der Waals surface area contributed by atoms with Crippen molar-refractivity contribution in [3.63, 3.8) is 0 Å². The van der Waals surface area contributed by atoms with E-state index >= 15 is 0 Å². The minimum atomic E-state index is -1.01. The van der Waals surface area contributed by atoms with Gasteiger partial charge in [0, 0.05) is 10.1 Å². The summed E-state index contributed by atoms with van der Waals surface area (Å²) in [7, 11) is 0. The molecule has 0 heterocycles. The molecule has 1 rings (SSSR count). The highest BCUT2D eigenvalue weighted by Crippen LogP contribution is 2.20. The minimum Gasteiger partial charge on any atom is -0.480 e. The molecule has 1 aromatic rings. The van der Waals surface area contributed by atoms with Crippen LogP contribution in [-0.2, 0) is 16.1 Å². The maximum atomic E-state index is 12.6. The monoisotopic (exact) mass is 447 g/mol. The smallest absolute Gasteiger partial charge is 0.411 e. The highest BCUT2D eigenvalue weighted by atomic mass is 127. The summed E-state index contributed by atoms with van der Waals surface area (Å²) in [6.07, 6.45) is -0.229. The average molecular weight is 447 g/mol. The molecule has 1 N–H and O–H groups in total. The van der Waals surface area contributed by atoms with E-state index in [2.05, 4.69) is 22.6 Å². The van der Waals surface area contributed by atoms with Gasteiger partial charge >= 0.3 is 12.1 Å². The van der Waals surface area contributed by atoms with Crippen LogP contribution >= 0.6 is 22.6 Å². The highest BCUT2D eigenvalue weighted by molar-refractivity contribution is 14.1. The van der Waals surface area contributed by atoms with E-state index in [-0.39, 0.29) is 12.5 Å². The number of ether oxygens (including phenoxy) is 1. The van der Waals surface area contributed by atoms with E-state index in [0.717, 1.165) is 9.13 Å². The SMILES string of the molecule is CC(C)C[C@@H](C(=O)O)N(Cc1ccc(I)cc1)C(=O)OC(C)(C)C. The van der Waals surface area contributed by atoms with Gasteiger partial charge in [-0.25, -0.2) is 9.59 Å². The predicted molar refractivity (Wildman–Crippen MR) is 102 cm³/mol. The predicted octanol–water partition coefficient (Wildman–Crippen LogP) is 4.53. The van der Waals surface area contributed by atoms with Crippen molar-refractivity contribution in [2.24, 2.45) is 5.92 Å². The number of rotatable bonds is 6. The molecule has 0 aliphatic rings. The third-order valence-electron chi connectivity index (χ3n) is 3.25. The Morgan fingerprint density at radius 1 is 1.21 bits per heavy atom. The van der Waals surface area contributed by atoms with Gasteiger partial charge in [0.2, 0.25) is 0 Å². The van der Waals surface area contributed by atoms with Gasteiger partial charge < -0.3 is 9.84 Å². The molecule has 134 valence electrons. The van der Waals surface area contributed by atoms with Crippen molar-refractivity contribution < 1.29 is 19.4 Å².